The van der Waals surface area contributed by atoms with Crippen LogP contribution < -0.4 is 0 Å². The summed E-state index contributed by atoms with van der Waals surface area (Å²) in [6.07, 6.45) is 1.57. The average Bonchev–Trinajstić information content (AvgIpc) is 3.10. The first-order valence-corrected chi connectivity index (χ1v) is 7.68. The van der Waals surface area contributed by atoms with Crippen molar-refractivity contribution in [1.29, 1.82) is 0 Å². The Balaban J connectivity index is 1.80. The largest absolute Gasteiger partial charge is 0.333 e. The molecule has 5 nitrogen and oxygen atoms in total. The number of thiazole rings is 2. The maximum atomic E-state index is 5.28. The van der Waals surface area contributed by atoms with Crippen molar-refractivity contribution in [2.24, 2.45) is 0 Å². The van der Waals surface area contributed by atoms with Gasteiger partial charge in [-0.25, -0.2) is 9.97 Å². The first-order valence-electron chi connectivity index (χ1n) is 5.92. The number of hydrogen-bond acceptors (Lipinski definition) is 7. The van der Waals surface area contributed by atoms with E-state index in [2.05, 4.69) is 27.0 Å². The van der Waals surface area contributed by atoms with Crippen LogP contribution >= 0.6 is 22.7 Å². The van der Waals surface area contributed by atoms with Gasteiger partial charge in [-0.05, 0) is 13.3 Å². The molecule has 0 aliphatic carbocycles. The van der Waals surface area contributed by atoms with Crippen molar-refractivity contribution >= 4 is 22.7 Å². The molecule has 19 heavy (non-hydrogen) atoms. The summed E-state index contributed by atoms with van der Waals surface area (Å²) in [5, 5.41) is 7.19. The van der Waals surface area contributed by atoms with Crippen molar-refractivity contribution in [2.45, 2.75) is 26.7 Å². The van der Waals surface area contributed by atoms with Gasteiger partial charge >= 0.3 is 0 Å². The molecule has 0 spiro atoms. The van der Waals surface area contributed by atoms with Gasteiger partial charge in [-0.3, -0.25) is 0 Å². The average molecular weight is 292 g/mol. The molecule has 0 fully saturated rings. The Kier molecular flexibility index (Phi) is 3.39. The van der Waals surface area contributed by atoms with Crippen LogP contribution in [-0.4, -0.2) is 20.1 Å². The zero-order valence-corrected chi connectivity index (χ0v) is 12.2. The van der Waals surface area contributed by atoms with Crippen LogP contribution in [0.5, 0.6) is 0 Å². The first kappa shape index (κ1) is 12.4. The first-order chi connectivity index (χ1) is 9.26. The van der Waals surface area contributed by atoms with E-state index in [-0.39, 0.29) is 0 Å². The normalized spacial score (nSPS) is 11.1. The molecule has 0 saturated carbocycles. The van der Waals surface area contributed by atoms with Gasteiger partial charge in [0.25, 0.3) is 5.89 Å². The van der Waals surface area contributed by atoms with Gasteiger partial charge < -0.3 is 4.52 Å². The van der Waals surface area contributed by atoms with Crippen LogP contribution in [0.3, 0.4) is 0 Å². The topological polar surface area (TPSA) is 64.7 Å². The molecule has 98 valence electrons. The lowest BCUT2D eigenvalue weighted by molar-refractivity contribution is 0.424. The molecular weight excluding hydrogens is 280 g/mol. The minimum Gasteiger partial charge on any atom is -0.333 e. The van der Waals surface area contributed by atoms with Crippen LogP contribution in [0.15, 0.2) is 15.4 Å². The van der Waals surface area contributed by atoms with Gasteiger partial charge in [-0.2, -0.15) is 4.98 Å². The van der Waals surface area contributed by atoms with E-state index in [4.69, 9.17) is 4.52 Å². The number of hydrogen-bond donors (Lipinski definition) is 0. The third-order valence-electron chi connectivity index (χ3n) is 2.65. The second-order valence-corrected chi connectivity index (χ2v) is 5.84. The Bertz CT molecular complexity index is 685. The standard InChI is InChI=1S/C12H12N4OS2/c1-3-10-14-8(5-18-10)4-9-15-12(17-16-9)11-7(2)13-6-19-11/h5-6H,3-4H2,1-2H3. The molecule has 3 aromatic rings. The van der Waals surface area contributed by atoms with Crippen molar-refractivity contribution in [2.75, 3.05) is 0 Å². The molecule has 0 radical (unpaired) electrons. The summed E-state index contributed by atoms with van der Waals surface area (Å²) in [6.45, 7) is 4.03. The van der Waals surface area contributed by atoms with Crippen molar-refractivity contribution in [3.05, 3.63) is 33.1 Å². The smallest absolute Gasteiger partial charge is 0.269 e. The summed E-state index contributed by atoms with van der Waals surface area (Å²) in [4.78, 5) is 14.0. The van der Waals surface area contributed by atoms with Gasteiger partial charge in [-0.1, -0.05) is 12.1 Å². The van der Waals surface area contributed by atoms with E-state index in [1.54, 1.807) is 16.8 Å². The molecule has 0 atom stereocenters. The minimum absolute atomic E-state index is 0.543. The van der Waals surface area contributed by atoms with E-state index in [9.17, 15) is 0 Å². The van der Waals surface area contributed by atoms with Crippen LogP contribution in [0.25, 0.3) is 10.8 Å². The Morgan fingerprint density at radius 2 is 2.16 bits per heavy atom. The summed E-state index contributed by atoms with van der Waals surface area (Å²) in [5.74, 6) is 1.21. The Morgan fingerprint density at radius 3 is 2.84 bits per heavy atom. The fourth-order valence-electron chi connectivity index (χ4n) is 1.68. The zero-order valence-electron chi connectivity index (χ0n) is 10.6. The van der Waals surface area contributed by atoms with Gasteiger partial charge in [0, 0.05) is 5.38 Å². The molecule has 7 heteroatoms. The molecule has 0 amide bonds. The second kappa shape index (κ2) is 5.18. The van der Waals surface area contributed by atoms with Crippen molar-refractivity contribution in [3.8, 4) is 10.8 Å². The van der Waals surface area contributed by atoms with E-state index in [1.807, 2.05) is 12.3 Å². The molecule has 3 aromatic heterocycles. The van der Waals surface area contributed by atoms with Crippen LogP contribution in [0.2, 0.25) is 0 Å². The van der Waals surface area contributed by atoms with Crippen LogP contribution in [-0.2, 0) is 12.8 Å². The molecule has 0 bridgehead atoms. The molecule has 0 aromatic carbocycles. The van der Waals surface area contributed by atoms with E-state index < -0.39 is 0 Å². The fraction of sp³-hybridized carbons (Fsp3) is 0.333. The molecule has 0 aliphatic heterocycles. The molecule has 0 aliphatic rings. The molecule has 0 unspecified atom stereocenters. The van der Waals surface area contributed by atoms with Gasteiger partial charge in [0.2, 0.25) is 0 Å². The minimum atomic E-state index is 0.543. The summed E-state index contributed by atoms with van der Waals surface area (Å²) < 4.78 is 5.28. The quantitative estimate of drug-likeness (QED) is 0.739. The van der Waals surface area contributed by atoms with E-state index in [0.717, 1.165) is 27.7 Å². The predicted molar refractivity (Wildman–Crippen MR) is 74.4 cm³/mol. The highest BCUT2D eigenvalue weighted by molar-refractivity contribution is 7.13. The predicted octanol–water partition coefficient (Wildman–Crippen LogP) is 3.11. The monoisotopic (exact) mass is 292 g/mol. The maximum absolute atomic E-state index is 5.28. The lowest BCUT2D eigenvalue weighted by atomic mass is 10.3. The third-order valence-corrected chi connectivity index (χ3v) is 4.61. The molecular formula is C12H12N4OS2. The lowest BCUT2D eigenvalue weighted by Crippen LogP contribution is -1.91. The van der Waals surface area contributed by atoms with Gasteiger partial charge in [0.05, 0.1) is 28.3 Å². The van der Waals surface area contributed by atoms with Crippen molar-refractivity contribution in [3.63, 3.8) is 0 Å². The fourth-order valence-corrected chi connectivity index (χ4v) is 3.15. The Morgan fingerprint density at radius 1 is 1.26 bits per heavy atom. The SMILES string of the molecule is CCc1nc(Cc2noc(-c3scnc3C)n2)cs1. The van der Waals surface area contributed by atoms with Crippen molar-refractivity contribution < 1.29 is 4.52 Å². The second-order valence-electron chi connectivity index (χ2n) is 4.05. The summed E-state index contributed by atoms with van der Waals surface area (Å²) in [7, 11) is 0. The van der Waals surface area contributed by atoms with Crippen LogP contribution in [0, 0.1) is 6.92 Å². The van der Waals surface area contributed by atoms with Crippen molar-refractivity contribution in [1.82, 2.24) is 20.1 Å². The van der Waals surface area contributed by atoms with E-state index >= 15 is 0 Å². The Hall–Kier alpha value is -1.60. The van der Waals surface area contributed by atoms with E-state index in [1.165, 1.54) is 11.3 Å². The molecule has 3 heterocycles. The maximum Gasteiger partial charge on any atom is 0.269 e. The number of aryl methyl sites for hydroxylation is 2. The lowest BCUT2D eigenvalue weighted by Gasteiger charge is -1.89. The summed E-state index contributed by atoms with van der Waals surface area (Å²) >= 11 is 3.18. The highest BCUT2D eigenvalue weighted by Crippen LogP contribution is 2.25. The summed E-state index contributed by atoms with van der Waals surface area (Å²) in [6, 6.07) is 0. The molecule has 0 N–H and O–H groups in total. The third kappa shape index (κ3) is 2.57. The van der Waals surface area contributed by atoms with Crippen LogP contribution in [0.1, 0.15) is 29.1 Å². The summed E-state index contributed by atoms with van der Waals surface area (Å²) in [5.41, 5.74) is 3.69. The number of rotatable bonds is 4. The van der Waals surface area contributed by atoms with Crippen LogP contribution in [0.4, 0.5) is 0 Å². The zero-order chi connectivity index (χ0) is 13.2. The molecule has 3 rings (SSSR count). The number of nitrogens with zero attached hydrogens (tertiary/aromatic N) is 4. The van der Waals surface area contributed by atoms with Gasteiger partial charge in [0.15, 0.2) is 5.82 Å². The molecule has 0 saturated heterocycles. The number of aromatic nitrogens is 4. The van der Waals surface area contributed by atoms with E-state index in [0.29, 0.717) is 18.1 Å². The highest BCUT2D eigenvalue weighted by atomic mass is 32.1. The van der Waals surface area contributed by atoms with Gasteiger partial charge in [0.1, 0.15) is 4.88 Å². The Labute approximate surface area is 118 Å². The van der Waals surface area contributed by atoms with Gasteiger partial charge in [-0.15, -0.1) is 22.7 Å². The highest BCUT2D eigenvalue weighted by Gasteiger charge is 2.14.